The number of hydrogen-bond acceptors (Lipinski definition) is 3. The van der Waals surface area contributed by atoms with Crippen LogP contribution < -0.4 is 5.32 Å². The number of amides is 1. The third-order valence-corrected chi connectivity index (χ3v) is 3.28. The molecule has 5 heteroatoms. The van der Waals surface area contributed by atoms with Crippen LogP contribution in [0.25, 0.3) is 0 Å². The molecule has 0 aliphatic carbocycles. The average Bonchev–Trinajstić information content (AvgIpc) is 2.82. The lowest BCUT2D eigenvalue weighted by molar-refractivity contribution is 0.0935. The minimum Gasteiger partial charge on any atom is -0.344 e. The lowest BCUT2D eigenvalue weighted by Gasteiger charge is -2.12. The Kier molecular flexibility index (Phi) is 3.76. The van der Waals surface area contributed by atoms with E-state index in [0.717, 1.165) is 5.56 Å². The smallest absolute Gasteiger partial charge is 0.270 e. The first-order valence-corrected chi connectivity index (χ1v) is 6.43. The topological polar surface area (TPSA) is 42.0 Å². The van der Waals surface area contributed by atoms with Crippen LogP contribution in [-0.4, -0.2) is 10.9 Å². The summed E-state index contributed by atoms with van der Waals surface area (Å²) in [5.41, 5.74) is 1.42. The maximum Gasteiger partial charge on any atom is 0.270 e. The highest BCUT2D eigenvalue weighted by Crippen LogP contribution is 2.16. The van der Waals surface area contributed by atoms with E-state index < -0.39 is 0 Å². The van der Waals surface area contributed by atoms with Crippen LogP contribution in [0, 0.1) is 0 Å². The largest absolute Gasteiger partial charge is 0.344 e. The van der Waals surface area contributed by atoms with Crippen LogP contribution in [0.5, 0.6) is 0 Å². The quantitative estimate of drug-likeness (QED) is 0.926. The van der Waals surface area contributed by atoms with E-state index >= 15 is 0 Å². The molecule has 0 radical (unpaired) electrons. The van der Waals surface area contributed by atoms with Crippen molar-refractivity contribution in [3.8, 4) is 0 Å². The highest BCUT2D eigenvalue weighted by atomic mass is 35.5. The van der Waals surface area contributed by atoms with Gasteiger partial charge < -0.3 is 5.32 Å². The Morgan fingerprint density at radius 3 is 3.00 bits per heavy atom. The zero-order valence-corrected chi connectivity index (χ0v) is 10.8. The van der Waals surface area contributed by atoms with E-state index in [1.807, 2.05) is 23.8 Å². The molecule has 0 aliphatic heterocycles. The Bertz CT molecular complexity index is 513. The van der Waals surface area contributed by atoms with Crippen molar-refractivity contribution in [2.75, 3.05) is 0 Å². The van der Waals surface area contributed by atoms with Crippen molar-refractivity contribution in [2.24, 2.45) is 0 Å². The number of nitrogens with one attached hydrogen (secondary N) is 1. The van der Waals surface area contributed by atoms with Crippen LogP contribution >= 0.6 is 22.9 Å². The van der Waals surface area contributed by atoms with Crippen molar-refractivity contribution >= 4 is 28.8 Å². The molecule has 0 spiro atoms. The standard InChI is InChI=1S/C12H11ClN2OS/c1-8(9-3-5-17-7-9)15-12(16)11-6-10(13)2-4-14-11/h2-8H,1H3,(H,15,16). The molecule has 0 saturated carbocycles. The summed E-state index contributed by atoms with van der Waals surface area (Å²) >= 11 is 7.41. The minimum absolute atomic E-state index is 0.0328. The lowest BCUT2D eigenvalue weighted by Crippen LogP contribution is -2.27. The first-order chi connectivity index (χ1) is 8.16. The molecule has 3 nitrogen and oxygen atoms in total. The molecule has 1 atom stereocenters. The molecule has 17 heavy (non-hydrogen) atoms. The van der Waals surface area contributed by atoms with E-state index in [2.05, 4.69) is 10.3 Å². The van der Waals surface area contributed by atoms with E-state index in [9.17, 15) is 4.79 Å². The number of rotatable bonds is 3. The highest BCUT2D eigenvalue weighted by Gasteiger charge is 2.12. The van der Waals surface area contributed by atoms with Crippen molar-refractivity contribution in [1.29, 1.82) is 0 Å². The van der Waals surface area contributed by atoms with Crippen LogP contribution in [-0.2, 0) is 0 Å². The van der Waals surface area contributed by atoms with Crippen LogP contribution in [0.1, 0.15) is 29.0 Å². The molecule has 0 aromatic carbocycles. The van der Waals surface area contributed by atoms with E-state index in [1.54, 1.807) is 23.5 Å². The minimum atomic E-state index is -0.216. The van der Waals surface area contributed by atoms with Crippen molar-refractivity contribution in [3.05, 3.63) is 51.4 Å². The number of carbonyl (C=O) groups is 1. The Hall–Kier alpha value is -1.39. The first kappa shape index (κ1) is 12.1. The molecule has 2 aromatic heterocycles. The average molecular weight is 267 g/mol. The van der Waals surface area contributed by atoms with E-state index in [0.29, 0.717) is 10.7 Å². The van der Waals surface area contributed by atoms with Crippen molar-refractivity contribution in [1.82, 2.24) is 10.3 Å². The third kappa shape index (κ3) is 3.05. The summed E-state index contributed by atoms with van der Waals surface area (Å²) in [7, 11) is 0. The number of nitrogens with zero attached hydrogens (tertiary/aromatic N) is 1. The number of pyridine rings is 1. The van der Waals surface area contributed by atoms with E-state index in [4.69, 9.17) is 11.6 Å². The lowest BCUT2D eigenvalue weighted by atomic mass is 10.2. The maximum atomic E-state index is 11.9. The summed E-state index contributed by atoms with van der Waals surface area (Å²) in [6.07, 6.45) is 1.52. The number of hydrogen-bond donors (Lipinski definition) is 1. The predicted molar refractivity (Wildman–Crippen MR) is 69.4 cm³/mol. The SMILES string of the molecule is CC(NC(=O)c1cc(Cl)ccn1)c1ccsc1. The van der Waals surface area contributed by atoms with Gasteiger partial charge in [-0.3, -0.25) is 9.78 Å². The zero-order valence-electron chi connectivity index (χ0n) is 9.18. The van der Waals surface area contributed by atoms with Gasteiger partial charge in [0.1, 0.15) is 5.69 Å². The van der Waals surface area contributed by atoms with Crippen molar-refractivity contribution in [2.45, 2.75) is 13.0 Å². The van der Waals surface area contributed by atoms with Crippen LogP contribution in [0.4, 0.5) is 0 Å². The number of thiophene rings is 1. The fourth-order valence-corrected chi connectivity index (χ4v) is 2.32. The molecule has 1 unspecified atom stereocenters. The van der Waals surface area contributed by atoms with Gasteiger partial charge in [-0.25, -0.2) is 0 Å². The maximum absolute atomic E-state index is 11.9. The summed E-state index contributed by atoms with van der Waals surface area (Å²) in [5.74, 6) is -0.216. The summed E-state index contributed by atoms with van der Waals surface area (Å²) in [4.78, 5) is 15.9. The zero-order chi connectivity index (χ0) is 12.3. The second kappa shape index (κ2) is 5.29. The van der Waals surface area contributed by atoms with Gasteiger partial charge in [0.15, 0.2) is 0 Å². The molecule has 1 amide bonds. The van der Waals surface area contributed by atoms with Crippen LogP contribution in [0.2, 0.25) is 5.02 Å². The third-order valence-electron chi connectivity index (χ3n) is 2.35. The molecular weight excluding hydrogens is 256 g/mol. The molecule has 0 saturated heterocycles. The van der Waals surface area contributed by atoms with Gasteiger partial charge in [-0.15, -0.1) is 0 Å². The molecular formula is C12H11ClN2OS. The Balaban J connectivity index is 2.07. The summed E-state index contributed by atoms with van der Waals surface area (Å²) in [6.45, 7) is 1.94. The van der Waals surface area contributed by atoms with E-state index in [-0.39, 0.29) is 11.9 Å². The van der Waals surface area contributed by atoms with Gasteiger partial charge >= 0.3 is 0 Å². The Morgan fingerprint density at radius 2 is 2.35 bits per heavy atom. The second-order valence-corrected chi connectivity index (χ2v) is 4.83. The summed E-state index contributed by atoms with van der Waals surface area (Å²) < 4.78 is 0. The number of carbonyl (C=O) groups excluding carboxylic acids is 1. The molecule has 0 aliphatic rings. The molecule has 88 valence electrons. The van der Waals surface area contributed by atoms with Gasteiger partial charge in [-0.2, -0.15) is 11.3 Å². The monoisotopic (exact) mass is 266 g/mol. The highest BCUT2D eigenvalue weighted by molar-refractivity contribution is 7.07. The summed E-state index contributed by atoms with van der Waals surface area (Å²) in [6, 6.07) is 5.15. The van der Waals surface area contributed by atoms with E-state index in [1.165, 1.54) is 6.20 Å². The molecule has 2 heterocycles. The molecule has 2 aromatic rings. The normalized spacial score (nSPS) is 12.1. The number of aromatic nitrogens is 1. The van der Waals surface area contributed by atoms with Gasteiger partial charge in [0, 0.05) is 11.2 Å². The van der Waals surface area contributed by atoms with Crippen molar-refractivity contribution < 1.29 is 4.79 Å². The second-order valence-electron chi connectivity index (χ2n) is 3.61. The van der Waals surface area contributed by atoms with Gasteiger partial charge in [0.2, 0.25) is 0 Å². The Morgan fingerprint density at radius 1 is 1.53 bits per heavy atom. The Labute approximate surface area is 108 Å². The molecule has 1 N–H and O–H groups in total. The van der Waals surface area contributed by atoms with Gasteiger partial charge in [-0.05, 0) is 41.4 Å². The van der Waals surface area contributed by atoms with Crippen LogP contribution in [0.15, 0.2) is 35.2 Å². The molecule has 0 bridgehead atoms. The van der Waals surface area contributed by atoms with Gasteiger partial charge in [-0.1, -0.05) is 11.6 Å². The summed E-state index contributed by atoms with van der Waals surface area (Å²) in [5, 5.41) is 7.37. The number of halogens is 1. The fourth-order valence-electron chi connectivity index (χ4n) is 1.40. The van der Waals surface area contributed by atoms with Gasteiger partial charge in [0.25, 0.3) is 5.91 Å². The van der Waals surface area contributed by atoms with Crippen molar-refractivity contribution in [3.63, 3.8) is 0 Å². The van der Waals surface area contributed by atoms with Crippen LogP contribution in [0.3, 0.4) is 0 Å². The molecule has 2 rings (SSSR count). The van der Waals surface area contributed by atoms with Gasteiger partial charge in [0.05, 0.1) is 6.04 Å². The fraction of sp³-hybridized carbons (Fsp3) is 0.167. The predicted octanol–water partition coefficient (Wildman–Crippen LogP) is 3.29. The first-order valence-electron chi connectivity index (χ1n) is 5.11. The molecule has 0 fully saturated rings.